The van der Waals surface area contributed by atoms with E-state index in [2.05, 4.69) is 59.3 Å². The number of amides is 1. The standard InChI is InChI=1S/C25H33N7O3S/c1-16(2)15-31-11-10-20(29-31)18-13-19(23(27-14-18)32-12-9-17(3)25(32,4)5)24(33)30-36(34,35)22-8-6-7-21(26)28-22/h6-8,10-11,13-14,16-17H,9,12,15H2,1-5H3,(H2,26,28)(H,30,33). The van der Waals surface area contributed by atoms with Crippen LogP contribution in [-0.4, -0.2) is 46.2 Å². The molecule has 1 amide bonds. The van der Waals surface area contributed by atoms with Gasteiger partial charge in [-0.2, -0.15) is 13.5 Å². The van der Waals surface area contributed by atoms with Gasteiger partial charge in [-0.3, -0.25) is 9.48 Å². The lowest BCUT2D eigenvalue weighted by atomic mass is 9.90. The van der Waals surface area contributed by atoms with E-state index >= 15 is 0 Å². The van der Waals surface area contributed by atoms with Crippen LogP contribution in [0.5, 0.6) is 0 Å². The van der Waals surface area contributed by atoms with Crippen molar-refractivity contribution in [2.75, 3.05) is 17.2 Å². The molecular formula is C25H33N7O3S. The van der Waals surface area contributed by atoms with E-state index in [1.807, 2.05) is 16.9 Å². The second-order valence-corrected chi connectivity index (χ2v) is 11.9. The van der Waals surface area contributed by atoms with Crippen LogP contribution in [-0.2, 0) is 16.6 Å². The lowest BCUT2D eigenvalue weighted by Gasteiger charge is -2.36. The van der Waals surface area contributed by atoms with Crippen LogP contribution in [0.4, 0.5) is 11.6 Å². The summed E-state index contributed by atoms with van der Waals surface area (Å²) in [5.41, 5.74) is 6.81. The van der Waals surface area contributed by atoms with Crippen molar-refractivity contribution < 1.29 is 13.2 Å². The van der Waals surface area contributed by atoms with Crippen molar-refractivity contribution >= 4 is 27.6 Å². The summed E-state index contributed by atoms with van der Waals surface area (Å²) in [7, 11) is -4.25. The normalized spacial score (nSPS) is 17.5. The van der Waals surface area contributed by atoms with E-state index in [4.69, 9.17) is 5.73 Å². The molecule has 3 aromatic heterocycles. The van der Waals surface area contributed by atoms with Gasteiger partial charge in [0, 0.05) is 36.6 Å². The number of aromatic nitrogens is 4. The predicted molar refractivity (Wildman–Crippen MR) is 139 cm³/mol. The fourth-order valence-electron chi connectivity index (χ4n) is 4.39. The van der Waals surface area contributed by atoms with Crippen LogP contribution in [0.2, 0.25) is 0 Å². The van der Waals surface area contributed by atoms with Gasteiger partial charge >= 0.3 is 0 Å². The van der Waals surface area contributed by atoms with Crippen LogP contribution >= 0.6 is 0 Å². The number of anilines is 2. The van der Waals surface area contributed by atoms with Gasteiger partial charge in [-0.1, -0.05) is 26.8 Å². The van der Waals surface area contributed by atoms with Crippen molar-refractivity contribution in [2.45, 2.75) is 58.1 Å². The average Bonchev–Trinajstić information content (AvgIpc) is 3.36. The summed E-state index contributed by atoms with van der Waals surface area (Å²) in [6.45, 7) is 12.0. The van der Waals surface area contributed by atoms with Gasteiger partial charge in [0.05, 0.1) is 11.3 Å². The maximum Gasteiger partial charge on any atom is 0.281 e. The Morgan fingerprint density at radius 3 is 2.67 bits per heavy atom. The molecule has 0 bridgehead atoms. The van der Waals surface area contributed by atoms with E-state index in [-0.39, 0.29) is 21.9 Å². The molecule has 0 aliphatic carbocycles. The van der Waals surface area contributed by atoms with E-state index in [1.54, 1.807) is 12.3 Å². The van der Waals surface area contributed by atoms with E-state index < -0.39 is 15.9 Å². The lowest BCUT2D eigenvalue weighted by molar-refractivity contribution is 0.0981. The van der Waals surface area contributed by atoms with Crippen molar-refractivity contribution in [1.29, 1.82) is 0 Å². The smallest absolute Gasteiger partial charge is 0.281 e. The minimum atomic E-state index is -4.25. The van der Waals surface area contributed by atoms with Crippen molar-refractivity contribution in [3.05, 3.63) is 48.3 Å². The SMILES string of the molecule is CC(C)Cn1ccc(-c2cnc(N3CCC(C)C3(C)C)c(C(=O)NS(=O)(=O)c3cccc(N)n3)c2)n1. The third kappa shape index (κ3) is 5.06. The molecule has 1 fully saturated rings. The van der Waals surface area contributed by atoms with Crippen molar-refractivity contribution in [1.82, 2.24) is 24.5 Å². The summed E-state index contributed by atoms with van der Waals surface area (Å²) in [4.78, 5) is 24.1. The van der Waals surface area contributed by atoms with Crippen LogP contribution in [0.25, 0.3) is 11.3 Å². The highest BCUT2D eigenvalue weighted by Crippen LogP contribution is 2.39. The first kappa shape index (κ1) is 25.6. The Balaban J connectivity index is 1.75. The summed E-state index contributed by atoms with van der Waals surface area (Å²) in [5.74, 6) is 0.467. The third-order valence-corrected chi connectivity index (χ3v) is 8.02. The Morgan fingerprint density at radius 2 is 2.03 bits per heavy atom. The Kier molecular flexibility index (Phi) is 6.78. The van der Waals surface area contributed by atoms with Gasteiger partial charge < -0.3 is 10.6 Å². The maximum absolute atomic E-state index is 13.5. The molecule has 11 heteroatoms. The number of hydrogen-bond acceptors (Lipinski definition) is 8. The number of pyridine rings is 2. The van der Waals surface area contributed by atoms with Crippen LogP contribution in [0.15, 0.2) is 47.8 Å². The zero-order valence-corrected chi connectivity index (χ0v) is 22.1. The Bertz CT molecular complexity index is 1380. The van der Waals surface area contributed by atoms with E-state index in [0.29, 0.717) is 35.5 Å². The highest BCUT2D eigenvalue weighted by Gasteiger charge is 2.41. The molecule has 0 saturated carbocycles. The molecule has 3 aromatic rings. The quantitative estimate of drug-likeness (QED) is 0.493. The average molecular weight is 512 g/mol. The number of carbonyl (C=O) groups is 1. The molecule has 3 N–H and O–H groups in total. The molecule has 36 heavy (non-hydrogen) atoms. The second kappa shape index (κ2) is 9.53. The van der Waals surface area contributed by atoms with Crippen LogP contribution in [0.1, 0.15) is 51.4 Å². The zero-order chi connectivity index (χ0) is 26.3. The first-order chi connectivity index (χ1) is 16.9. The zero-order valence-electron chi connectivity index (χ0n) is 21.3. The molecular weight excluding hydrogens is 478 g/mol. The third-order valence-electron chi connectivity index (χ3n) is 6.79. The van der Waals surface area contributed by atoms with Crippen molar-refractivity contribution in [3.63, 3.8) is 0 Å². The summed E-state index contributed by atoms with van der Waals surface area (Å²) >= 11 is 0. The van der Waals surface area contributed by atoms with Gasteiger partial charge in [-0.15, -0.1) is 0 Å². The second-order valence-electron chi connectivity index (χ2n) is 10.2. The number of nitrogens with two attached hydrogens (primary N) is 1. The van der Waals surface area contributed by atoms with Gasteiger partial charge in [0.15, 0.2) is 5.03 Å². The first-order valence-electron chi connectivity index (χ1n) is 12.0. The van der Waals surface area contributed by atoms with E-state index in [1.165, 1.54) is 18.2 Å². The van der Waals surface area contributed by atoms with Crippen molar-refractivity contribution in [2.24, 2.45) is 11.8 Å². The Labute approximate surface area is 212 Å². The van der Waals surface area contributed by atoms with Crippen LogP contribution < -0.4 is 15.4 Å². The monoisotopic (exact) mass is 511 g/mol. The molecule has 4 rings (SSSR count). The molecule has 4 heterocycles. The highest BCUT2D eigenvalue weighted by molar-refractivity contribution is 7.90. The molecule has 1 saturated heterocycles. The van der Waals surface area contributed by atoms with Crippen LogP contribution in [0, 0.1) is 11.8 Å². The van der Waals surface area contributed by atoms with Crippen LogP contribution in [0.3, 0.4) is 0 Å². The molecule has 1 aliphatic rings. The lowest BCUT2D eigenvalue weighted by Crippen LogP contribution is -2.43. The molecule has 0 radical (unpaired) electrons. The number of hydrogen-bond donors (Lipinski definition) is 2. The van der Waals surface area contributed by atoms with Gasteiger partial charge in [0.1, 0.15) is 11.6 Å². The fourth-order valence-corrected chi connectivity index (χ4v) is 5.33. The van der Waals surface area contributed by atoms with Gasteiger partial charge in [-0.05, 0) is 56.4 Å². The highest BCUT2D eigenvalue weighted by atomic mass is 32.2. The van der Waals surface area contributed by atoms with Gasteiger partial charge in [-0.25, -0.2) is 14.7 Å². The summed E-state index contributed by atoms with van der Waals surface area (Å²) < 4.78 is 29.9. The number of nitrogens with zero attached hydrogens (tertiary/aromatic N) is 5. The molecule has 1 aliphatic heterocycles. The minimum Gasteiger partial charge on any atom is -0.384 e. The molecule has 10 nitrogen and oxygen atoms in total. The number of nitrogen functional groups attached to an aromatic ring is 1. The molecule has 192 valence electrons. The number of rotatable bonds is 7. The number of carbonyl (C=O) groups excluding carboxylic acids is 1. The number of sulfonamides is 1. The molecule has 1 unspecified atom stereocenters. The Hall–Kier alpha value is -3.47. The fraction of sp³-hybridized carbons (Fsp3) is 0.440. The van der Waals surface area contributed by atoms with E-state index in [0.717, 1.165) is 13.0 Å². The Morgan fingerprint density at radius 1 is 1.28 bits per heavy atom. The van der Waals surface area contributed by atoms with Gasteiger partial charge in [0.25, 0.3) is 15.9 Å². The summed E-state index contributed by atoms with van der Waals surface area (Å²) in [6.07, 6.45) is 4.49. The molecule has 1 atom stereocenters. The molecule has 0 aromatic carbocycles. The summed E-state index contributed by atoms with van der Waals surface area (Å²) in [5, 5.41) is 4.28. The van der Waals surface area contributed by atoms with Gasteiger partial charge in [0.2, 0.25) is 0 Å². The van der Waals surface area contributed by atoms with E-state index in [9.17, 15) is 13.2 Å². The molecule has 0 spiro atoms. The predicted octanol–water partition coefficient (Wildman–Crippen LogP) is 3.32. The van der Waals surface area contributed by atoms with Crippen molar-refractivity contribution in [3.8, 4) is 11.3 Å². The minimum absolute atomic E-state index is 0.0412. The first-order valence-corrected chi connectivity index (χ1v) is 13.5. The largest absolute Gasteiger partial charge is 0.384 e. The summed E-state index contributed by atoms with van der Waals surface area (Å²) in [6, 6.07) is 7.74. The topological polar surface area (TPSA) is 136 Å². The maximum atomic E-state index is 13.5. The number of nitrogens with one attached hydrogen (secondary N) is 1.